The molecular weight excluding hydrogens is 160 g/mol. The third kappa shape index (κ3) is 1.33. The fourth-order valence-electron chi connectivity index (χ4n) is 0.998. The molecule has 0 saturated heterocycles. The molecule has 1 N–H and O–H groups in total. The smallest absolute Gasteiger partial charge is 0.324 e. The maximum Gasteiger partial charge on any atom is 0.324 e. The first-order chi connectivity index (χ1) is 5.07. The molecule has 11 heavy (non-hydrogen) atoms. The van der Waals surface area contributed by atoms with Gasteiger partial charge in [-0.15, -0.1) is 0 Å². The van der Waals surface area contributed by atoms with Gasteiger partial charge in [0.25, 0.3) is 0 Å². The van der Waals surface area contributed by atoms with Crippen molar-refractivity contribution >= 4 is 18.6 Å². The van der Waals surface area contributed by atoms with Crippen molar-refractivity contribution in [2.75, 3.05) is 0 Å². The monoisotopic (exact) mass is 170 g/mol. The van der Waals surface area contributed by atoms with Gasteiger partial charge in [-0.3, -0.25) is 4.79 Å². The van der Waals surface area contributed by atoms with Gasteiger partial charge in [0.05, 0.1) is 0 Å². The van der Waals surface area contributed by atoms with Crippen molar-refractivity contribution in [1.82, 2.24) is 0 Å². The van der Waals surface area contributed by atoms with Crippen LogP contribution in [0.15, 0.2) is 24.3 Å². The Morgan fingerprint density at radius 1 is 1.64 bits per heavy atom. The first-order valence-electron chi connectivity index (χ1n) is 3.39. The second-order valence-electron chi connectivity index (χ2n) is 2.66. The number of thiol groups is 1. The molecule has 0 heterocycles. The van der Waals surface area contributed by atoms with Crippen LogP contribution < -0.4 is 0 Å². The third-order valence-electron chi connectivity index (χ3n) is 1.90. The highest BCUT2D eigenvalue weighted by molar-refractivity contribution is 7.83. The van der Waals surface area contributed by atoms with E-state index in [-0.39, 0.29) is 5.92 Å². The van der Waals surface area contributed by atoms with Crippen LogP contribution in [0.2, 0.25) is 0 Å². The van der Waals surface area contributed by atoms with E-state index in [1.165, 1.54) is 0 Å². The zero-order valence-corrected chi connectivity index (χ0v) is 7.08. The Bertz CT molecular complexity index is 232. The Labute approximate surface area is 71.0 Å². The molecule has 60 valence electrons. The van der Waals surface area contributed by atoms with Crippen LogP contribution in [0.5, 0.6) is 0 Å². The summed E-state index contributed by atoms with van der Waals surface area (Å²) in [6.07, 6.45) is 6.98. The van der Waals surface area contributed by atoms with Crippen molar-refractivity contribution in [3.05, 3.63) is 24.3 Å². The normalized spacial score (nSPS) is 35.6. The summed E-state index contributed by atoms with van der Waals surface area (Å²) in [6, 6.07) is 0. The lowest BCUT2D eigenvalue weighted by Crippen LogP contribution is -2.37. The Kier molecular flexibility index (Phi) is 2.09. The second-order valence-corrected chi connectivity index (χ2v) is 3.40. The van der Waals surface area contributed by atoms with Crippen LogP contribution in [0, 0.1) is 5.92 Å². The van der Waals surface area contributed by atoms with Gasteiger partial charge in [-0.25, -0.2) is 0 Å². The number of carboxylic acids is 1. The van der Waals surface area contributed by atoms with Gasteiger partial charge < -0.3 is 5.11 Å². The number of aliphatic carboxylic acids is 1. The van der Waals surface area contributed by atoms with Crippen molar-refractivity contribution in [2.24, 2.45) is 5.92 Å². The molecule has 2 unspecified atom stereocenters. The molecule has 0 bridgehead atoms. The Morgan fingerprint density at radius 2 is 2.27 bits per heavy atom. The van der Waals surface area contributed by atoms with Crippen molar-refractivity contribution in [3.63, 3.8) is 0 Å². The molecule has 0 radical (unpaired) electrons. The highest BCUT2D eigenvalue weighted by Crippen LogP contribution is 2.30. The lowest BCUT2D eigenvalue weighted by Gasteiger charge is -2.26. The molecule has 0 fully saturated rings. The molecule has 0 aromatic rings. The molecule has 0 amide bonds. The molecule has 0 saturated carbocycles. The fourth-order valence-corrected chi connectivity index (χ4v) is 1.17. The van der Waals surface area contributed by atoms with E-state index in [0.717, 1.165) is 0 Å². The molecule has 0 spiro atoms. The standard InChI is InChI=1S/C8H10O2S/c1-6-4-2-3-5-8(6,11)7(9)10/h2-6,11H,1H3,(H,9,10). The molecule has 1 aliphatic rings. The summed E-state index contributed by atoms with van der Waals surface area (Å²) in [5.41, 5.74) is 0. The van der Waals surface area contributed by atoms with Crippen LogP contribution in [-0.4, -0.2) is 15.8 Å². The van der Waals surface area contributed by atoms with E-state index >= 15 is 0 Å². The molecule has 2 nitrogen and oxygen atoms in total. The van der Waals surface area contributed by atoms with Crippen LogP contribution in [-0.2, 0) is 4.79 Å². The topological polar surface area (TPSA) is 37.3 Å². The van der Waals surface area contributed by atoms with Crippen LogP contribution in [0.1, 0.15) is 6.92 Å². The SMILES string of the molecule is CC1C=CC=CC1(S)C(=O)O. The zero-order chi connectivity index (χ0) is 8.48. The number of rotatable bonds is 1. The number of hydrogen-bond acceptors (Lipinski definition) is 2. The van der Waals surface area contributed by atoms with E-state index in [0.29, 0.717) is 0 Å². The average molecular weight is 170 g/mol. The molecular formula is C8H10O2S. The number of hydrogen-bond donors (Lipinski definition) is 2. The summed E-state index contributed by atoms with van der Waals surface area (Å²) in [6.45, 7) is 1.83. The molecule has 1 rings (SSSR count). The van der Waals surface area contributed by atoms with E-state index in [1.54, 1.807) is 12.2 Å². The van der Waals surface area contributed by atoms with Crippen molar-refractivity contribution in [2.45, 2.75) is 11.7 Å². The van der Waals surface area contributed by atoms with Crippen LogP contribution in [0.25, 0.3) is 0 Å². The van der Waals surface area contributed by atoms with Gasteiger partial charge >= 0.3 is 5.97 Å². The van der Waals surface area contributed by atoms with E-state index in [9.17, 15) is 4.79 Å². The molecule has 0 aromatic carbocycles. The number of carbonyl (C=O) groups is 1. The predicted octanol–water partition coefficient (Wildman–Crippen LogP) is 1.50. The Hall–Kier alpha value is -0.700. The maximum absolute atomic E-state index is 10.7. The Morgan fingerprint density at radius 3 is 2.64 bits per heavy atom. The van der Waals surface area contributed by atoms with Gasteiger partial charge in [0.1, 0.15) is 4.75 Å². The molecule has 3 heteroatoms. The third-order valence-corrected chi connectivity index (χ3v) is 2.65. The Balaban J connectivity index is 2.94. The molecule has 0 aliphatic heterocycles. The lowest BCUT2D eigenvalue weighted by atomic mass is 9.89. The fraction of sp³-hybridized carbons (Fsp3) is 0.375. The average Bonchev–Trinajstić information content (AvgIpc) is 1.95. The van der Waals surface area contributed by atoms with Gasteiger partial charge in [-0.05, 0) is 0 Å². The number of carboxylic acid groups (broad SMARTS) is 1. The van der Waals surface area contributed by atoms with Crippen molar-refractivity contribution in [3.8, 4) is 0 Å². The predicted molar refractivity (Wildman–Crippen MR) is 46.8 cm³/mol. The zero-order valence-electron chi connectivity index (χ0n) is 6.19. The van der Waals surface area contributed by atoms with E-state index in [4.69, 9.17) is 5.11 Å². The van der Waals surface area contributed by atoms with E-state index in [2.05, 4.69) is 12.6 Å². The maximum atomic E-state index is 10.7. The summed E-state index contributed by atoms with van der Waals surface area (Å²) in [4.78, 5) is 10.7. The van der Waals surface area contributed by atoms with Gasteiger partial charge in [0, 0.05) is 5.92 Å². The van der Waals surface area contributed by atoms with Gasteiger partial charge in [-0.2, -0.15) is 12.6 Å². The van der Waals surface area contributed by atoms with Crippen LogP contribution in [0.3, 0.4) is 0 Å². The minimum Gasteiger partial charge on any atom is -0.480 e. The number of allylic oxidation sites excluding steroid dienone is 3. The highest BCUT2D eigenvalue weighted by atomic mass is 32.1. The summed E-state index contributed by atoms with van der Waals surface area (Å²) >= 11 is 4.10. The van der Waals surface area contributed by atoms with Gasteiger partial charge in [0.15, 0.2) is 0 Å². The van der Waals surface area contributed by atoms with E-state index < -0.39 is 10.7 Å². The first kappa shape index (κ1) is 8.40. The van der Waals surface area contributed by atoms with Crippen LogP contribution >= 0.6 is 12.6 Å². The summed E-state index contributed by atoms with van der Waals surface area (Å²) < 4.78 is -1.02. The van der Waals surface area contributed by atoms with Crippen molar-refractivity contribution in [1.29, 1.82) is 0 Å². The quantitative estimate of drug-likeness (QED) is 0.585. The lowest BCUT2D eigenvalue weighted by molar-refractivity contribution is -0.139. The van der Waals surface area contributed by atoms with E-state index in [1.807, 2.05) is 19.1 Å². The highest BCUT2D eigenvalue weighted by Gasteiger charge is 2.37. The summed E-state index contributed by atoms with van der Waals surface area (Å²) in [5, 5.41) is 8.81. The summed E-state index contributed by atoms with van der Waals surface area (Å²) in [5.74, 6) is -0.956. The van der Waals surface area contributed by atoms with Crippen molar-refractivity contribution < 1.29 is 9.90 Å². The van der Waals surface area contributed by atoms with Gasteiger partial charge in [-0.1, -0.05) is 31.2 Å². The van der Waals surface area contributed by atoms with Crippen LogP contribution in [0.4, 0.5) is 0 Å². The second kappa shape index (κ2) is 2.74. The summed E-state index contributed by atoms with van der Waals surface area (Å²) in [7, 11) is 0. The van der Waals surface area contributed by atoms with Gasteiger partial charge in [0.2, 0.25) is 0 Å². The first-order valence-corrected chi connectivity index (χ1v) is 3.84. The molecule has 0 aromatic heterocycles. The minimum atomic E-state index is -1.02. The largest absolute Gasteiger partial charge is 0.480 e. The minimum absolute atomic E-state index is 0.0617. The molecule has 1 aliphatic carbocycles. The molecule has 2 atom stereocenters.